The van der Waals surface area contributed by atoms with E-state index in [1.165, 1.54) is 19.4 Å². The fraction of sp³-hybridized carbons (Fsp3) is 0.632. The molecule has 1 heterocycles. The molecule has 6 nitrogen and oxygen atoms in total. The van der Waals surface area contributed by atoms with Crippen molar-refractivity contribution in [3.8, 4) is 11.5 Å². The Balaban J connectivity index is 0.00000338. The van der Waals surface area contributed by atoms with E-state index in [2.05, 4.69) is 27.4 Å². The summed E-state index contributed by atoms with van der Waals surface area (Å²) in [6.07, 6.45) is 3.47. The molecule has 2 rings (SSSR count). The standard InChI is InChI=1S/C19H32N4O2.HI/c1-4-23-12-6-8-16(23)15-22-19(20-2)21-11-7-13-25-18-10-5-9-17(14-18)24-3;/h5,9-10,14,16H,4,6-8,11-13,15H2,1-3H3,(H2,20,21,22);1H. The van der Waals surface area contributed by atoms with Gasteiger partial charge in [-0.25, -0.2) is 0 Å². The molecule has 1 unspecified atom stereocenters. The minimum Gasteiger partial charge on any atom is -0.497 e. The van der Waals surface area contributed by atoms with E-state index in [0.717, 1.165) is 43.5 Å². The number of benzene rings is 1. The number of likely N-dealkylation sites (tertiary alicyclic amines) is 1. The largest absolute Gasteiger partial charge is 0.497 e. The number of guanidine groups is 1. The van der Waals surface area contributed by atoms with Crippen LogP contribution in [0.15, 0.2) is 29.3 Å². The molecule has 2 N–H and O–H groups in total. The van der Waals surface area contributed by atoms with E-state index in [1.807, 2.05) is 31.3 Å². The number of halogens is 1. The Labute approximate surface area is 174 Å². The van der Waals surface area contributed by atoms with E-state index in [0.29, 0.717) is 12.6 Å². The fourth-order valence-corrected chi connectivity index (χ4v) is 3.14. The highest BCUT2D eigenvalue weighted by atomic mass is 127. The van der Waals surface area contributed by atoms with Gasteiger partial charge in [0, 0.05) is 32.2 Å². The highest BCUT2D eigenvalue weighted by molar-refractivity contribution is 14.0. The smallest absolute Gasteiger partial charge is 0.191 e. The normalized spacial score (nSPS) is 17.5. The van der Waals surface area contributed by atoms with Crippen LogP contribution in [0.5, 0.6) is 11.5 Å². The average molecular weight is 476 g/mol. The molecule has 0 amide bonds. The van der Waals surface area contributed by atoms with E-state index in [1.54, 1.807) is 7.11 Å². The lowest BCUT2D eigenvalue weighted by atomic mass is 10.2. The first-order chi connectivity index (χ1) is 12.3. The van der Waals surface area contributed by atoms with Crippen LogP contribution in [0.3, 0.4) is 0 Å². The predicted octanol–water partition coefficient (Wildman–Crippen LogP) is 2.73. The minimum absolute atomic E-state index is 0. The number of nitrogens with zero attached hydrogens (tertiary/aromatic N) is 2. The van der Waals surface area contributed by atoms with Gasteiger partial charge in [0.15, 0.2) is 5.96 Å². The van der Waals surface area contributed by atoms with Crippen molar-refractivity contribution in [1.29, 1.82) is 0 Å². The van der Waals surface area contributed by atoms with Gasteiger partial charge in [0.2, 0.25) is 0 Å². The molecule has 1 aliphatic heterocycles. The molecule has 1 aliphatic rings. The summed E-state index contributed by atoms with van der Waals surface area (Å²) in [5, 5.41) is 6.79. The van der Waals surface area contributed by atoms with Crippen molar-refractivity contribution >= 4 is 29.9 Å². The third kappa shape index (κ3) is 7.57. The number of aliphatic imine (C=N–C) groups is 1. The zero-order valence-electron chi connectivity index (χ0n) is 16.2. The molecule has 0 saturated carbocycles. The molecule has 0 radical (unpaired) electrons. The van der Waals surface area contributed by atoms with Crippen LogP contribution in [-0.4, -0.2) is 63.8 Å². The Hall–Kier alpha value is -1.22. The van der Waals surface area contributed by atoms with Crippen LogP contribution in [0.2, 0.25) is 0 Å². The van der Waals surface area contributed by atoms with Crippen molar-refractivity contribution in [2.24, 2.45) is 4.99 Å². The van der Waals surface area contributed by atoms with Gasteiger partial charge >= 0.3 is 0 Å². The molecule has 0 aliphatic carbocycles. The topological polar surface area (TPSA) is 58.1 Å². The molecule has 0 aromatic heterocycles. The van der Waals surface area contributed by atoms with E-state index in [4.69, 9.17) is 9.47 Å². The van der Waals surface area contributed by atoms with Crippen molar-refractivity contribution in [1.82, 2.24) is 15.5 Å². The third-order valence-corrected chi connectivity index (χ3v) is 4.56. The maximum Gasteiger partial charge on any atom is 0.191 e. The highest BCUT2D eigenvalue weighted by Gasteiger charge is 2.22. The molecule has 0 spiro atoms. The number of rotatable bonds is 9. The van der Waals surface area contributed by atoms with Gasteiger partial charge in [0.1, 0.15) is 11.5 Å². The van der Waals surface area contributed by atoms with Gasteiger partial charge < -0.3 is 20.1 Å². The Morgan fingerprint density at radius 3 is 2.85 bits per heavy atom. The number of likely N-dealkylation sites (N-methyl/N-ethyl adjacent to an activating group) is 1. The van der Waals surface area contributed by atoms with Crippen molar-refractivity contribution in [3.05, 3.63) is 24.3 Å². The summed E-state index contributed by atoms with van der Waals surface area (Å²) in [5.74, 6) is 2.51. The molecular formula is C19H33IN4O2. The van der Waals surface area contributed by atoms with Crippen LogP contribution in [0, 0.1) is 0 Å². The average Bonchev–Trinajstić information content (AvgIpc) is 3.11. The van der Waals surface area contributed by atoms with Gasteiger partial charge in [-0.05, 0) is 44.5 Å². The molecule has 1 saturated heterocycles. The predicted molar refractivity (Wildman–Crippen MR) is 118 cm³/mol. The number of ether oxygens (including phenoxy) is 2. The Kier molecular flexibility index (Phi) is 11.4. The van der Waals surface area contributed by atoms with Gasteiger partial charge in [0.25, 0.3) is 0 Å². The number of hydrogen-bond donors (Lipinski definition) is 2. The van der Waals surface area contributed by atoms with Crippen LogP contribution in [0.1, 0.15) is 26.2 Å². The molecule has 7 heteroatoms. The minimum atomic E-state index is 0. The van der Waals surface area contributed by atoms with E-state index in [-0.39, 0.29) is 24.0 Å². The SMILES string of the molecule is CCN1CCCC1CNC(=NC)NCCCOc1cccc(OC)c1.I. The van der Waals surface area contributed by atoms with Gasteiger partial charge in [-0.2, -0.15) is 0 Å². The fourth-order valence-electron chi connectivity index (χ4n) is 3.14. The molecule has 1 aromatic carbocycles. The molecule has 1 atom stereocenters. The van der Waals surface area contributed by atoms with Crippen LogP contribution in [0.4, 0.5) is 0 Å². The number of hydrogen-bond acceptors (Lipinski definition) is 4. The van der Waals surface area contributed by atoms with Gasteiger partial charge in [0.05, 0.1) is 13.7 Å². The zero-order valence-corrected chi connectivity index (χ0v) is 18.5. The van der Waals surface area contributed by atoms with Crippen LogP contribution >= 0.6 is 24.0 Å². The number of methoxy groups -OCH3 is 1. The van der Waals surface area contributed by atoms with Crippen molar-refractivity contribution in [2.45, 2.75) is 32.2 Å². The monoisotopic (exact) mass is 476 g/mol. The third-order valence-electron chi connectivity index (χ3n) is 4.56. The van der Waals surface area contributed by atoms with Gasteiger partial charge in [-0.1, -0.05) is 13.0 Å². The number of nitrogens with one attached hydrogen (secondary N) is 2. The quantitative estimate of drug-likeness (QED) is 0.249. The first-order valence-corrected chi connectivity index (χ1v) is 9.22. The Morgan fingerprint density at radius 1 is 1.31 bits per heavy atom. The molecule has 0 bridgehead atoms. The maximum atomic E-state index is 5.75. The van der Waals surface area contributed by atoms with Gasteiger partial charge in [-0.15, -0.1) is 24.0 Å². The summed E-state index contributed by atoms with van der Waals surface area (Å²) < 4.78 is 10.9. The van der Waals surface area contributed by atoms with Crippen LogP contribution in [-0.2, 0) is 0 Å². The summed E-state index contributed by atoms with van der Waals surface area (Å²) >= 11 is 0. The molecule has 26 heavy (non-hydrogen) atoms. The van der Waals surface area contributed by atoms with E-state index in [9.17, 15) is 0 Å². The Bertz CT molecular complexity index is 542. The highest BCUT2D eigenvalue weighted by Crippen LogP contribution is 2.18. The summed E-state index contributed by atoms with van der Waals surface area (Å²) in [5.41, 5.74) is 0. The first-order valence-electron chi connectivity index (χ1n) is 9.22. The van der Waals surface area contributed by atoms with E-state index >= 15 is 0 Å². The second-order valence-corrected chi connectivity index (χ2v) is 6.19. The Morgan fingerprint density at radius 2 is 2.12 bits per heavy atom. The van der Waals surface area contributed by atoms with Crippen molar-refractivity contribution < 1.29 is 9.47 Å². The lowest BCUT2D eigenvalue weighted by Gasteiger charge is -2.24. The zero-order chi connectivity index (χ0) is 17.9. The molecular weight excluding hydrogens is 443 g/mol. The molecule has 148 valence electrons. The van der Waals surface area contributed by atoms with Crippen molar-refractivity contribution in [2.75, 3.05) is 46.9 Å². The maximum absolute atomic E-state index is 5.75. The summed E-state index contributed by atoms with van der Waals surface area (Å²) in [6, 6.07) is 8.31. The van der Waals surface area contributed by atoms with E-state index < -0.39 is 0 Å². The molecule has 1 aromatic rings. The second-order valence-electron chi connectivity index (χ2n) is 6.19. The van der Waals surface area contributed by atoms with Crippen LogP contribution in [0.25, 0.3) is 0 Å². The van der Waals surface area contributed by atoms with Gasteiger partial charge in [-0.3, -0.25) is 9.89 Å². The van der Waals surface area contributed by atoms with Crippen LogP contribution < -0.4 is 20.1 Å². The van der Waals surface area contributed by atoms with Crippen molar-refractivity contribution in [3.63, 3.8) is 0 Å². The summed E-state index contributed by atoms with van der Waals surface area (Å²) in [6.45, 7) is 7.01. The summed E-state index contributed by atoms with van der Waals surface area (Å²) in [7, 11) is 3.47. The lowest BCUT2D eigenvalue weighted by molar-refractivity contribution is 0.267. The first kappa shape index (κ1) is 22.8. The lowest BCUT2D eigenvalue weighted by Crippen LogP contribution is -2.45. The molecule has 1 fully saturated rings. The second kappa shape index (κ2) is 13.0. The summed E-state index contributed by atoms with van der Waals surface area (Å²) in [4.78, 5) is 6.83.